The minimum Gasteiger partial charge on any atom is -0.488 e. The molecule has 0 radical (unpaired) electrons. The van der Waals surface area contributed by atoms with E-state index in [0.29, 0.717) is 29.9 Å². The molecule has 1 aliphatic heterocycles. The molecule has 0 spiro atoms. The van der Waals surface area contributed by atoms with Crippen LogP contribution in [0.4, 0.5) is 0 Å². The van der Waals surface area contributed by atoms with E-state index in [1.54, 1.807) is 12.3 Å². The number of imidazole rings is 1. The number of allylic oxidation sites excluding steroid dienone is 1. The molecule has 37 heavy (non-hydrogen) atoms. The summed E-state index contributed by atoms with van der Waals surface area (Å²) in [6, 6.07) is 16.1. The highest BCUT2D eigenvalue weighted by atomic mass is 35.5. The Morgan fingerprint density at radius 2 is 2.03 bits per heavy atom. The summed E-state index contributed by atoms with van der Waals surface area (Å²) in [5.74, 6) is 2.08. The summed E-state index contributed by atoms with van der Waals surface area (Å²) in [6.07, 6.45) is 4.00. The van der Waals surface area contributed by atoms with Crippen molar-refractivity contribution >= 4 is 33.9 Å². The lowest BCUT2D eigenvalue weighted by Gasteiger charge is -2.15. The van der Waals surface area contributed by atoms with Crippen molar-refractivity contribution in [3.63, 3.8) is 0 Å². The molecule has 184 valence electrons. The smallest absolute Gasteiger partial charge is 0.439 e. The standard InChI is InChI=1S/C28H22ClN5O3/c1-15(25-32-28(35)37-33-25)23-19-9-6-16(12-18(19)14-36-22-5-3-2-4-20(22)23)13-34-26(17-7-8-17)31-24-21(29)10-11-30-27(24)34/h2-6,9-12,17H,7-8,13-14H2,1H3,(H,32,33,35). The minimum absolute atomic E-state index is 0.397. The number of para-hydroxylation sites is 1. The molecule has 0 bridgehead atoms. The number of halogens is 1. The van der Waals surface area contributed by atoms with Crippen molar-refractivity contribution in [1.29, 1.82) is 0 Å². The molecule has 7 rings (SSSR count). The Balaban J connectivity index is 1.36. The number of nitrogens with one attached hydrogen (secondary N) is 1. The number of hydrogen-bond acceptors (Lipinski definition) is 6. The summed E-state index contributed by atoms with van der Waals surface area (Å²) in [7, 11) is 0. The van der Waals surface area contributed by atoms with E-state index in [-0.39, 0.29) is 0 Å². The van der Waals surface area contributed by atoms with Crippen LogP contribution in [0.15, 0.2) is 64.0 Å². The van der Waals surface area contributed by atoms with E-state index in [4.69, 9.17) is 25.8 Å². The van der Waals surface area contributed by atoms with Crippen LogP contribution in [0, 0.1) is 0 Å². The summed E-state index contributed by atoms with van der Waals surface area (Å²) in [5.41, 5.74) is 7.41. The van der Waals surface area contributed by atoms with Gasteiger partial charge in [-0.15, -0.1) is 0 Å². The molecule has 0 amide bonds. The first kappa shape index (κ1) is 22.1. The van der Waals surface area contributed by atoms with E-state index in [2.05, 4.69) is 37.9 Å². The van der Waals surface area contributed by atoms with Gasteiger partial charge >= 0.3 is 5.76 Å². The summed E-state index contributed by atoms with van der Waals surface area (Å²) in [5, 5.41) is 4.55. The molecule has 5 aromatic rings. The number of aromatic nitrogens is 5. The zero-order valence-corrected chi connectivity index (χ0v) is 20.7. The zero-order chi connectivity index (χ0) is 25.1. The summed E-state index contributed by atoms with van der Waals surface area (Å²) < 4.78 is 13.2. The van der Waals surface area contributed by atoms with Gasteiger partial charge in [0, 0.05) is 23.3 Å². The van der Waals surface area contributed by atoms with E-state index < -0.39 is 5.76 Å². The van der Waals surface area contributed by atoms with Gasteiger partial charge in [0.2, 0.25) is 0 Å². The van der Waals surface area contributed by atoms with Crippen molar-refractivity contribution < 1.29 is 9.26 Å². The molecule has 0 unspecified atom stereocenters. The highest BCUT2D eigenvalue weighted by molar-refractivity contribution is 6.34. The quantitative estimate of drug-likeness (QED) is 0.339. The van der Waals surface area contributed by atoms with Crippen molar-refractivity contribution in [2.24, 2.45) is 0 Å². The van der Waals surface area contributed by atoms with Crippen LogP contribution in [0.2, 0.25) is 5.02 Å². The monoisotopic (exact) mass is 511 g/mol. The van der Waals surface area contributed by atoms with Gasteiger partial charge in [-0.2, -0.15) is 0 Å². The summed E-state index contributed by atoms with van der Waals surface area (Å²) >= 11 is 6.45. The first-order chi connectivity index (χ1) is 18.1. The first-order valence-corrected chi connectivity index (χ1v) is 12.6. The lowest BCUT2D eigenvalue weighted by atomic mass is 9.89. The van der Waals surface area contributed by atoms with E-state index in [1.807, 2.05) is 31.2 Å². The molecule has 1 fully saturated rings. The van der Waals surface area contributed by atoms with Crippen molar-refractivity contribution in [1.82, 2.24) is 24.7 Å². The zero-order valence-electron chi connectivity index (χ0n) is 20.0. The number of pyridine rings is 1. The van der Waals surface area contributed by atoms with Crippen LogP contribution in [-0.2, 0) is 13.2 Å². The second-order valence-corrected chi connectivity index (χ2v) is 9.92. The number of benzene rings is 2. The van der Waals surface area contributed by atoms with Crippen LogP contribution in [0.1, 0.15) is 59.6 Å². The molecule has 1 saturated carbocycles. The molecule has 1 aliphatic carbocycles. The molecule has 0 atom stereocenters. The van der Waals surface area contributed by atoms with Gasteiger partial charge in [-0.05, 0) is 60.2 Å². The van der Waals surface area contributed by atoms with Gasteiger partial charge in [-0.25, -0.2) is 14.8 Å². The van der Waals surface area contributed by atoms with Crippen LogP contribution in [-0.4, -0.2) is 24.7 Å². The third-order valence-corrected chi connectivity index (χ3v) is 7.35. The van der Waals surface area contributed by atoms with Gasteiger partial charge in [-0.1, -0.05) is 47.1 Å². The number of rotatable bonds is 4. The largest absolute Gasteiger partial charge is 0.488 e. The molecule has 3 aromatic heterocycles. The second kappa shape index (κ2) is 8.45. The van der Waals surface area contributed by atoms with Gasteiger partial charge < -0.3 is 9.30 Å². The third-order valence-electron chi connectivity index (χ3n) is 7.05. The molecule has 2 aromatic carbocycles. The predicted molar refractivity (Wildman–Crippen MR) is 140 cm³/mol. The molecule has 4 heterocycles. The van der Waals surface area contributed by atoms with Crippen molar-refractivity contribution in [3.05, 3.63) is 104 Å². The number of nitrogens with zero attached hydrogens (tertiary/aromatic N) is 4. The fourth-order valence-electron chi connectivity index (χ4n) is 5.12. The third kappa shape index (κ3) is 3.76. The fourth-order valence-corrected chi connectivity index (χ4v) is 5.30. The van der Waals surface area contributed by atoms with Crippen molar-refractivity contribution in [3.8, 4) is 5.75 Å². The van der Waals surface area contributed by atoms with Gasteiger partial charge in [-0.3, -0.25) is 9.51 Å². The van der Waals surface area contributed by atoms with Gasteiger partial charge in [0.1, 0.15) is 23.7 Å². The normalized spacial score (nSPS) is 16.2. The molecular formula is C28H22ClN5O3. The predicted octanol–water partition coefficient (Wildman–Crippen LogP) is 5.56. The molecule has 1 N–H and O–H groups in total. The van der Waals surface area contributed by atoms with Crippen molar-refractivity contribution in [2.75, 3.05) is 0 Å². The lowest BCUT2D eigenvalue weighted by molar-refractivity contribution is 0.307. The molecule has 8 nitrogen and oxygen atoms in total. The van der Waals surface area contributed by atoms with Crippen LogP contribution in [0.25, 0.3) is 22.3 Å². The minimum atomic E-state index is -0.587. The Hall–Kier alpha value is -4.17. The van der Waals surface area contributed by atoms with E-state index in [9.17, 15) is 4.79 Å². The topological polar surface area (TPSA) is 98.8 Å². The number of fused-ring (bicyclic) bond motifs is 3. The Labute approximate surface area is 216 Å². The maximum Gasteiger partial charge on any atom is 0.439 e. The Morgan fingerprint density at radius 3 is 2.84 bits per heavy atom. The molecule has 2 aliphatic rings. The number of ether oxygens (including phenoxy) is 1. The van der Waals surface area contributed by atoms with Gasteiger partial charge in [0.25, 0.3) is 0 Å². The summed E-state index contributed by atoms with van der Waals surface area (Å²) in [4.78, 5) is 23.8. The Bertz CT molecular complexity index is 1780. The van der Waals surface area contributed by atoms with Crippen LogP contribution in [0.5, 0.6) is 5.75 Å². The average Bonchev–Trinajstić information content (AvgIpc) is 3.59. The summed E-state index contributed by atoms with van der Waals surface area (Å²) in [6.45, 7) is 2.97. The number of aromatic amines is 1. The maximum absolute atomic E-state index is 11.7. The van der Waals surface area contributed by atoms with E-state index in [0.717, 1.165) is 69.0 Å². The average molecular weight is 512 g/mol. The van der Waals surface area contributed by atoms with E-state index >= 15 is 0 Å². The number of hydrogen-bond donors (Lipinski definition) is 1. The Kier molecular flexibility index (Phi) is 5.04. The van der Waals surface area contributed by atoms with Crippen molar-refractivity contribution in [2.45, 2.75) is 38.8 Å². The highest BCUT2D eigenvalue weighted by Gasteiger charge is 2.31. The van der Waals surface area contributed by atoms with Crippen LogP contribution in [0.3, 0.4) is 0 Å². The highest BCUT2D eigenvalue weighted by Crippen LogP contribution is 2.43. The fraction of sp³-hybridized carbons (Fsp3) is 0.214. The van der Waals surface area contributed by atoms with E-state index in [1.165, 1.54) is 0 Å². The first-order valence-electron chi connectivity index (χ1n) is 12.2. The maximum atomic E-state index is 11.7. The molecule has 0 saturated heterocycles. The van der Waals surface area contributed by atoms with Gasteiger partial charge in [0.15, 0.2) is 11.5 Å². The second-order valence-electron chi connectivity index (χ2n) is 9.52. The van der Waals surface area contributed by atoms with Gasteiger partial charge in [0.05, 0.1) is 11.6 Å². The Morgan fingerprint density at radius 1 is 1.16 bits per heavy atom. The lowest BCUT2D eigenvalue weighted by Crippen LogP contribution is -2.07. The molecular weight excluding hydrogens is 490 g/mol. The molecule has 9 heteroatoms. The number of H-pyrrole nitrogens is 1. The van der Waals surface area contributed by atoms with Crippen LogP contribution < -0.4 is 10.5 Å². The SMILES string of the molecule is CC(=C1c2ccc(Cn3c(C4CC4)nc4c(Cl)ccnc43)cc2COc2ccccc21)c1noc(=O)[nH]1. The van der Waals surface area contributed by atoms with Crippen LogP contribution >= 0.6 is 11.6 Å².